The normalized spacial score (nSPS) is 13.6. The maximum absolute atomic E-state index is 11.3. The van der Waals surface area contributed by atoms with Gasteiger partial charge < -0.3 is 29.9 Å². The van der Waals surface area contributed by atoms with Crippen LogP contribution >= 0.6 is 0 Å². The zero-order valence-corrected chi connectivity index (χ0v) is 25.1. The van der Waals surface area contributed by atoms with Crippen LogP contribution in [0.1, 0.15) is 97.3 Å². The SMILES string of the molecule is O=S(=O)(O)C(O)c1ccc(CO)c(OCCCCCCCCCCCCOc2cc(CO)ccc2C(O)S(=O)(=O)O)c1. The van der Waals surface area contributed by atoms with Crippen LogP contribution in [0.4, 0.5) is 0 Å². The summed E-state index contributed by atoms with van der Waals surface area (Å²) in [6, 6.07) is 8.25. The lowest BCUT2D eigenvalue weighted by Crippen LogP contribution is -2.13. The van der Waals surface area contributed by atoms with E-state index in [2.05, 4.69) is 0 Å². The van der Waals surface area contributed by atoms with Crippen molar-refractivity contribution in [3.63, 3.8) is 0 Å². The van der Waals surface area contributed by atoms with Gasteiger partial charge in [-0.3, -0.25) is 9.11 Å². The molecule has 0 aromatic heterocycles. The molecule has 0 heterocycles. The molecule has 0 amide bonds. The van der Waals surface area contributed by atoms with Crippen molar-refractivity contribution in [2.45, 2.75) is 88.3 Å². The Hall–Kier alpha value is -2.30. The molecule has 238 valence electrons. The Bertz CT molecular complexity index is 1310. The second kappa shape index (κ2) is 17.7. The molecule has 0 fully saturated rings. The van der Waals surface area contributed by atoms with E-state index in [1.807, 2.05) is 0 Å². The predicted octanol–water partition coefficient (Wildman–Crippen LogP) is 3.79. The Balaban J connectivity index is 1.57. The fourth-order valence-corrected chi connectivity index (χ4v) is 5.32. The summed E-state index contributed by atoms with van der Waals surface area (Å²) in [5, 5.41) is 38.4. The summed E-state index contributed by atoms with van der Waals surface area (Å²) in [5.41, 5.74) is -3.40. The van der Waals surface area contributed by atoms with Crippen molar-refractivity contribution in [2.24, 2.45) is 0 Å². The van der Waals surface area contributed by atoms with Crippen LogP contribution < -0.4 is 9.47 Å². The molecule has 2 aromatic rings. The van der Waals surface area contributed by atoms with E-state index in [-0.39, 0.29) is 35.8 Å². The minimum absolute atomic E-state index is 0.0466. The molecule has 0 saturated heterocycles. The van der Waals surface area contributed by atoms with Gasteiger partial charge in [-0.2, -0.15) is 16.8 Å². The molecule has 2 unspecified atom stereocenters. The summed E-state index contributed by atoms with van der Waals surface area (Å²) >= 11 is 0. The van der Waals surface area contributed by atoms with Crippen LogP contribution in [-0.4, -0.2) is 59.6 Å². The van der Waals surface area contributed by atoms with Crippen LogP contribution in [0, 0.1) is 0 Å². The maximum Gasteiger partial charge on any atom is 0.296 e. The van der Waals surface area contributed by atoms with E-state index in [4.69, 9.17) is 18.6 Å². The van der Waals surface area contributed by atoms with Crippen molar-refractivity contribution in [3.05, 3.63) is 58.7 Å². The van der Waals surface area contributed by atoms with Gasteiger partial charge in [-0.1, -0.05) is 75.6 Å². The summed E-state index contributed by atoms with van der Waals surface area (Å²) < 4.78 is 74.5. The number of aliphatic hydroxyl groups excluding tert-OH is 4. The van der Waals surface area contributed by atoms with E-state index in [0.717, 1.165) is 64.2 Å². The number of rotatable bonds is 21. The number of hydrogen-bond donors (Lipinski definition) is 6. The van der Waals surface area contributed by atoms with E-state index in [1.165, 1.54) is 36.4 Å². The van der Waals surface area contributed by atoms with E-state index in [0.29, 0.717) is 24.3 Å². The third-order valence-electron chi connectivity index (χ3n) is 6.69. The monoisotopic (exact) mass is 634 g/mol. The molecule has 0 aliphatic rings. The van der Waals surface area contributed by atoms with Crippen LogP contribution in [0.2, 0.25) is 0 Å². The van der Waals surface area contributed by atoms with E-state index in [9.17, 15) is 37.3 Å². The van der Waals surface area contributed by atoms with E-state index >= 15 is 0 Å². The lowest BCUT2D eigenvalue weighted by Gasteiger charge is -2.15. The van der Waals surface area contributed by atoms with Crippen molar-refractivity contribution in [3.8, 4) is 11.5 Å². The Morgan fingerprint density at radius 3 is 1.57 bits per heavy atom. The van der Waals surface area contributed by atoms with Crippen molar-refractivity contribution in [1.29, 1.82) is 0 Å². The summed E-state index contributed by atoms with van der Waals surface area (Å²) in [4.78, 5) is 0. The first-order valence-electron chi connectivity index (χ1n) is 13.9. The first-order valence-corrected chi connectivity index (χ1v) is 16.9. The van der Waals surface area contributed by atoms with Crippen molar-refractivity contribution >= 4 is 20.2 Å². The highest BCUT2D eigenvalue weighted by Gasteiger charge is 2.26. The van der Waals surface area contributed by atoms with Gasteiger partial charge in [-0.05, 0) is 30.5 Å². The zero-order valence-electron chi connectivity index (χ0n) is 23.5. The van der Waals surface area contributed by atoms with Crippen LogP contribution in [0.5, 0.6) is 11.5 Å². The fraction of sp³-hybridized carbons (Fsp3) is 0.571. The first kappa shape index (κ1) is 35.9. The third kappa shape index (κ3) is 12.1. The summed E-state index contributed by atoms with van der Waals surface area (Å²) in [7, 11) is -9.38. The summed E-state index contributed by atoms with van der Waals surface area (Å²) in [5.74, 6) is 0.369. The highest BCUT2D eigenvalue weighted by atomic mass is 32.2. The number of unbranched alkanes of at least 4 members (excludes halogenated alkanes) is 9. The van der Waals surface area contributed by atoms with Crippen molar-refractivity contribution < 1.29 is 55.8 Å². The molecule has 0 aliphatic heterocycles. The third-order valence-corrected chi connectivity index (χ3v) is 8.35. The Morgan fingerprint density at radius 1 is 0.595 bits per heavy atom. The van der Waals surface area contributed by atoms with E-state index < -0.39 is 31.1 Å². The van der Waals surface area contributed by atoms with Gasteiger partial charge >= 0.3 is 0 Å². The number of hydrogen-bond acceptors (Lipinski definition) is 10. The zero-order chi connectivity index (χ0) is 31.2. The second-order valence-electron chi connectivity index (χ2n) is 10.0. The van der Waals surface area contributed by atoms with Gasteiger partial charge in [0.15, 0.2) is 0 Å². The highest BCUT2D eigenvalue weighted by molar-refractivity contribution is 7.86. The topological polar surface area (TPSA) is 208 Å². The van der Waals surface area contributed by atoms with Crippen LogP contribution in [0.15, 0.2) is 36.4 Å². The van der Waals surface area contributed by atoms with Gasteiger partial charge in [0.25, 0.3) is 20.2 Å². The Labute approximate surface area is 247 Å². The number of benzene rings is 2. The number of aliphatic hydroxyl groups is 4. The average molecular weight is 635 g/mol. The average Bonchev–Trinajstić information content (AvgIpc) is 2.95. The Kier molecular flexibility index (Phi) is 15.2. The molecule has 0 spiro atoms. The largest absolute Gasteiger partial charge is 0.493 e. The van der Waals surface area contributed by atoms with Gasteiger partial charge in [-0.25, -0.2) is 0 Å². The molecule has 2 rings (SSSR count). The fourth-order valence-electron chi connectivity index (χ4n) is 4.31. The second-order valence-corrected chi connectivity index (χ2v) is 13.0. The molecule has 2 aromatic carbocycles. The molecule has 0 bridgehead atoms. The molecule has 6 N–H and O–H groups in total. The molecular weight excluding hydrogens is 592 g/mol. The van der Waals surface area contributed by atoms with Gasteiger partial charge in [0.05, 0.1) is 26.4 Å². The molecule has 0 radical (unpaired) electrons. The maximum atomic E-state index is 11.3. The minimum atomic E-state index is -4.71. The van der Waals surface area contributed by atoms with E-state index in [1.54, 1.807) is 0 Å². The van der Waals surface area contributed by atoms with Gasteiger partial charge in [0, 0.05) is 16.7 Å². The minimum Gasteiger partial charge on any atom is -0.493 e. The van der Waals surface area contributed by atoms with Crippen LogP contribution in [0.3, 0.4) is 0 Å². The summed E-state index contributed by atoms with van der Waals surface area (Å²) in [6.45, 7) is 0.0691. The molecule has 14 heteroatoms. The van der Waals surface area contributed by atoms with Crippen LogP contribution in [-0.2, 0) is 33.5 Å². The predicted molar refractivity (Wildman–Crippen MR) is 155 cm³/mol. The molecular formula is C28H42O12S2. The molecule has 0 aliphatic carbocycles. The highest BCUT2D eigenvalue weighted by Crippen LogP contribution is 2.30. The molecule has 12 nitrogen and oxygen atoms in total. The lowest BCUT2D eigenvalue weighted by atomic mass is 10.1. The number of ether oxygens (including phenoxy) is 2. The lowest BCUT2D eigenvalue weighted by molar-refractivity contribution is 0.226. The summed E-state index contributed by atoms with van der Waals surface area (Å²) in [6.07, 6.45) is 9.67. The quantitative estimate of drug-likeness (QED) is 0.0856. The molecule has 2 atom stereocenters. The Morgan fingerprint density at radius 2 is 1.10 bits per heavy atom. The van der Waals surface area contributed by atoms with Crippen molar-refractivity contribution in [1.82, 2.24) is 0 Å². The van der Waals surface area contributed by atoms with Crippen molar-refractivity contribution in [2.75, 3.05) is 13.2 Å². The van der Waals surface area contributed by atoms with Gasteiger partial charge in [0.1, 0.15) is 11.5 Å². The van der Waals surface area contributed by atoms with Crippen LogP contribution in [0.25, 0.3) is 0 Å². The molecule has 42 heavy (non-hydrogen) atoms. The van der Waals surface area contributed by atoms with Gasteiger partial charge in [0.2, 0.25) is 10.9 Å². The van der Waals surface area contributed by atoms with Gasteiger partial charge in [-0.15, -0.1) is 0 Å². The first-order chi connectivity index (χ1) is 19.9. The standard InChI is InChI=1S/C28H42O12S2/c29-19-21-11-14-24(28(32)42(36,37)38)26(17-21)40-16-10-8-6-4-2-1-3-5-7-9-15-39-25-18-22(12-13-23(25)20-30)27(31)41(33,34)35/h11-14,17-18,27-32H,1-10,15-16,19-20H2,(H,33,34,35)(H,36,37,38). The molecule has 0 saturated carbocycles. The smallest absolute Gasteiger partial charge is 0.296 e.